The molecule has 0 aliphatic heterocycles. The molecule has 0 bridgehead atoms. The summed E-state index contributed by atoms with van der Waals surface area (Å²) in [6.45, 7) is 2.60. The molecule has 32 heavy (non-hydrogen) atoms. The third kappa shape index (κ3) is 5.42. The summed E-state index contributed by atoms with van der Waals surface area (Å²) < 4.78 is 47.5. The highest BCUT2D eigenvalue weighted by atomic mass is 19.4. The molecule has 0 atom stereocenters. The van der Waals surface area contributed by atoms with E-state index >= 15 is 0 Å². The van der Waals surface area contributed by atoms with Crippen LogP contribution in [0.5, 0.6) is 5.75 Å². The first kappa shape index (κ1) is 22.8. The number of carbonyl (C=O) groups excluding carboxylic acids is 1. The number of ether oxygens (including phenoxy) is 1. The second-order valence-corrected chi connectivity index (χ2v) is 7.00. The largest absolute Gasteiger partial charge is 0.484 e. The summed E-state index contributed by atoms with van der Waals surface area (Å²) in [7, 11) is 0. The van der Waals surface area contributed by atoms with Crippen LogP contribution in [0.1, 0.15) is 22.5 Å². The monoisotopic (exact) mass is 448 g/mol. The molecular formula is C21H19F3N4O4. The number of nitro benzene ring substituents is 1. The zero-order chi connectivity index (χ0) is 23.5. The summed E-state index contributed by atoms with van der Waals surface area (Å²) in [6.07, 6.45) is -4.63. The van der Waals surface area contributed by atoms with Gasteiger partial charge >= 0.3 is 6.18 Å². The lowest BCUT2D eigenvalue weighted by Crippen LogP contribution is -2.29. The predicted molar refractivity (Wildman–Crippen MR) is 108 cm³/mol. The number of carbonyl (C=O) groups is 1. The van der Waals surface area contributed by atoms with Gasteiger partial charge in [0.05, 0.1) is 27.9 Å². The Morgan fingerprint density at radius 1 is 1.19 bits per heavy atom. The maximum atomic E-state index is 13.6. The number of non-ortho nitro benzene ring substituents is 1. The van der Waals surface area contributed by atoms with E-state index < -0.39 is 29.2 Å². The Kier molecular flexibility index (Phi) is 6.47. The van der Waals surface area contributed by atoms with Gasteiger partial charge in [-0.1, -0.05) is 12.1 Å². The fourth-order valence-corrected chi connectivity index (χ4v) is 3.09. The molecule has 1 aromatic heterocycles. The van der Waals surface area contributed by atoms with Crippen LogP contribution in [-0.4, -0.2) is 27.2 Å². The van der Waals surface area contributed by atoms with Gasteiger partial charge in [0.15, 0.2) is 6.61 Å². The van der Waals surface area contributed by atoms with Crippen LogP contribution in [0.4, 0.5) is 18.9 Å². The van der Waals surface area contributed by atoms with Crippen molar-refractivity contribution >= 4 is 11.6 Å². The van der Waals surface area contributed by atoms with Crippen LogP contribution in [0, 0.1) is 24.0 Å². The first-order valence-corrected chi connectivity index (χ1v) is 9.42. The molecule has 3 rings (SSSR count). The van der Waals surface area contributed by atoms with Crippen molar-refractivity contribution in [2.24, 2.45) is 0 Å². The molecule has 0 saturated heterocycles. The number of rotatable bonds is 7. The van der Waals surface area contributed by atoms with Gasteiger partial charge < -0.3 is 10.1 Å². The molecule has 0 unspecified atom stereocenters. The molecule has 2 aromatic carbocycles. The topological polar surface area (TPSA) is 99.3 Å². The number of amides is 1. The fraction of sp³-hybridized carbons (Fsp3) is 0.238. The number of aromatic nitrogens is 2. The molecule has 11 heteroatoms. The van der Waals surface area contributed by atoms with E-state index in [1.165, 1.54) is 35.0 Å². The van der Waals surface area contributed by atoms with E-state index in [-0.39, 0.29) is 29.2 Å². The molecule has 0 aliphatic rings. The highest BCUT2D eigenvalue weighted by molar-refractivity contribution is 5.77. The minimum Gasteiger partial charge on any atom is -0.484 e. The Balaban J connectivity index is 1.70. The van der Waals surface area contributed by atoms with Gasteiger partial charge in [0, 0.05) is 18.3 Å². The first-order valence-electron chi connectivity index (χ1n) is 9.42. The summed E-state index contributed by atoms with van der Waals surface area (Å²) in [5.41, 5.74) is 0.410. The van der Waals surface area contributed by atoms with Gasteiger partial charge in [-0.25, -0.2) is 4.68 Å². The van der Waals surface area contributed by atoms with Crippen molar-refractivity contribution in [3.05, 3.63) is 81.2 Å². The van der Waals surface area contributed by atoms with E-state index in [1.807, 2.05) is 0 Å². The van der Waals surface area contributed by atoms with Crippen molar-refractivity contribution in [1.82, 2.24) is 15.1 Å². The molecule has 0 spiro atoms. The summed E-state index contributed by atoms with van der Waals surface area (Å²) >= 11 is 0. The smallest absolute Gasteiger partial charge is 0.416 e. The average molecular weight is 448 g/mol. The number of nitro groups is 1. The van der Waals surface area contributed by atoms with Crippen LogP contribution in [0.25, 0.3) is 5.69 Å². The van der Waals surface area contributed by atoms with Crippen molar-refractivity contribution in [2.45, 2.75) is 26.6 Å². The van der Waals surface area contributed by atoms with Gasteiger partial charge in [-0.05, 0) is 43.7 Å². The van der Waals surface area contributed by atoms with Crippen molar-refractivity contribution in [3.8, 4) is 11.4 Å². The normalized spacial score (nSPS) is 11.3. The minimum atomic E-state index is -4.63. The first-order chi connectivity index (χ1) is 15.0. The zero-order valence-corrected chi connectivity index (χ0v) is 17.1. The number of halogens is 3. The summed E-state index contributed by atoms with van der Waals surface area (Å²) in [5, 5.41) is 17.3. The van der Waals surface area contributed by atoms with Gasteiger partial charge in [-0.15, -0.1) is 0 Å². The number of aryl methyl sites for hydroxylation is 2. The van der Waals surface area contributed by atoms with E-state index in [0.29, 0.717) is 11.4 Å². The molecule has 168 valence electrons. The highest BCUT2D eigenvalue weighted by Gasteiger charge is 2.34. The Hall–Kier alpha value is -3.89. The van der Waals surface area contributed by atoms with Crippen LogP contribution >= 0.6 is 0 Å². The third-order valence-electron chi connectivity index (χ3n) is 4.53. The van der Waals surface area contributed by atoms with Crippen molar-refractivity contribution in [3.63, 3.8) is 0 Å². The van der Waals surface area contributed by atoms with E-state index in [2.05, 4.69) is 10.4 Å². The van der Waals surface area contributed by atoms with Crippen LogP contribution in [0.2, 0.25) is 0 Å². The maximum Gasteiger partial charge on any atom is 0.416 e. The minimum absolute atomic E-state index is 0.0968. The Labute approximate surface area is 180 Å². The number of nitrogens with one attached hydrogen (secondary N) is 1. The molecular weight excluding hydrogens is 429 g/mol. The second kappa shape index (κ2) is 9.08. The molecule has 0 fully saturated rings. The van der Waals surface area contributed by atoms with Gasteiger partial charge in [-0.2, -0.15) is 18.3 Å². The number of hydrogen-bond donors (Lipinski definition) is 1. The Bertz CT molecular complexity index is 1160. The Morgan fingerprint density at radius 2 is 1.94 bits per heavy atom. The quantitative estimate of drug-likeness (QED) is 0.433. The fourth-order valence-electron chi connectivity index (χ4n) is 3.09. The van der Waals surface area contributed by atoms with E-state index in [4.69, 9.17) is 4.74 Å². The standard InChI is InChI=1S/C21H19F3N4O4/c1-13-8-14(2)27(26-13)16-7-6-15(19(10-16)21(22,23)24)11-25-20(29)12-32-18-5-3-4-17(9-18)28(30)31/h3-10H,11-12H2,1-2H3,(H,25,29). The predicted octanol–water partition coefficient (Wildman–Crippen LogP) is 4.11. The van der Waals surface area contributed by atoms with E-state index in [9.17, 15) is 28.1 Å². The SMILES string of the molecule is Cc1cc(C)n(-c2ccc(CNC(=O)COc3cccc([N+](=O)[O-])c3)c(C(F)(F)F)c2)n1. The van der Waals surface area contributed by atoms with Crippen LogP contribution in [-0.2, 0) is 17.5 Å². The lowest BCUT2D eigenvalue weighted by Gasteiger charge is -2.16. The lowest BCUT2D eigenvalue weighted by atomic mass is 10.1. The molecule has 0 radical (unpaired) electrons. The molecule has 0 saturated carbocycles. The maximum absolute atomic E-state index is 13.6. The van der Waals surface area contributed by atoms with Crippen molar-refractivity contribution in [1.29, 1.82) is 0 Å². The van der Waals surface area contributed by atoms with Crippen molar-refractivity contribution < 1.29 is 27.6 Å². The van der Waals surface area contributed by atoms with Gasteiger partial charge in [0.2, 0.25) is 0 Å². The molecule has 1 N–H and O–H groups in total. The van der Waals surface area contributed by atoms with Gasteiger partial charge in [0.25, 0.3) is 11.6 Å². The lowest BCUT2D eigenvalue weighted by molar-refractivity contribution is -0.384. The summed E-state index contributed by atoms with van der Waals surface area (Å²) in [6, 6.07) is 10.8. The van der Waals surface area contributed by atoms with E-state index in [0.717, 1.165) is 12.1 Å². The summed E-state index contributed by atoms with van der Waals surface area (Å²) in [5.74, 6) is -0.577. The zero-order valence-electron chi connectivity index (χ0n) is 17.1. The third-order valence-corrected chi connectivity index (χ3v) is 4.53. The van der Waals surface area contributed by atoms with Crippen LogP contribution in [0.3, 0.4) is 0 Å². The molecule has 8 nitrogen and oxygen atoms in total. The molecule has 1 heterocycles. The number of hydrogen-bond acceptors (Lipinski definition) is 5. The Morgan fingerprint density at radius 3 is 2.56 bits per heavy atom. The number of nitrogens with zero attached hydrogens (tertiary/aromatic N) is 3. The molecule has 1 amide bonds. The average Bonchev–Trinajstić information content (AvgIpc) is 3.08. The molecule has 3 aromatic rings. The highest BCUT2D eigenvalue weighted by Crippen LogP contribution is 2.33. The van der Waals surface area contributed by atoms with Crippen LogP contribution < -0.4 is 10.1 Å². The number of benzene rings is 2. The van der Waals surface area contributed by atoms with Crippen LogP contribution in [0.15, 0.2) is 48.5 Å². The van der Waals surface area contributed by atoms with Gasteiger partial charge in [0.1, 0.15) is 5.75 Å². The van der Waals surface area contributed by atoms with Gasteiger partial charge in [-0.3, -0.25) is 14.9 Å². The number of alkyl halides is 3. The summed E-state index contributed by atoms with van der Waals surface area (Å²) in [4.78, 5) is 22.2. The van der Waals surface area contributed by atoms with Crippen molar-refractivity contribution in [2.75, 3.05) is 6.61 Å². The molecule has 0 aliphatic carbocycles. The van der Waals surface area contributed by atoms with E-state index in [1.54, 1.807) is 19.9 Å². The second-order valence-electron chi connectivity index (χ2n) is 7.00.